The highest BCUT2D eigenvalue weighted by molar-refractivity contribution is 5.96. The number of nitrogens with one attached hydrogen (secondary N) is 2. The van der Waals surface area contributed by atoms with Gasteiger partial charge in [0.05, 0.1) is 11.7 Å². The van der Waals surface area contributed by atoms with Gasteiger partial charge < -0.3 is 21.1 Å². The zero-order valence-corrected chi connectivity index (χ0v) is 10.8. The average Bonchev–Trinajstić information content (AvgIpc) is 2.91. The van der Waals surface area contributed by atoms with Crippen molar-refractivity contribution in [3.8, 4) is 0 Å². The quantitative estimate of drug-likeness (QED) is 0.774. The first-order chi connectivity index (χ1) is 9.56. The average molecular weight is 281 g/mol. The second-order valence-corrected chi connectivity index (χ2v) is 4.53. The number of primary amides is 1. The van der Waals surface area contributed by atoms with Crippen molar-refractivity contribution in [2.75, 3.05) is 18.5 Å². The lowest BCUT2D eigenvalue weighted by atomic mass is 10.2. The zero-order chi connectivity index (χ0) is 14.5. The van der Waals surface area contributed by atoms with E-state index in [2.05, 4.69) is 10.6 Å². The lowest BCUT2D eigenvalue weighted by Crippen LogP contribution is -2.35. The van der Waals surface area contributed by atoms with Crippen molar-refractivity contribution in [3.63, 3.8) is 0 Å². The Labute approximate surface area is 115 Å². The molecule has 7 heteroatoms. The molecule has 0 bridgehead atoms. The van der Waals surface area contributed by atoms with E-state index in [0.29, 0.717) is 18.8 Å². The molecule has 20 heavy (non-hydrogen) atoms. The van der Waals surface area contributed by atoms with Gasteiger partial charge in [-0.15, -0.1) is 0 Å². The molecule has 6 nitrogen and oxygen atoms in total. The van der Waals surface area contributed by atoms with Crippen LogP contribution in [0.1, 0.15) is 23.2 Å². The monoisotopic (exact) mass is 281 g/mol. The molecule has 0 spiro atoms. The SMILES string of the molecule is NC(=O)c1cc(NC(=O)NCC2CCCO2)ccc1F. The Bertz CT molecular complexity index is 516. The van der Waals surface area contributed by atoms with E-state index in [1.54, 1.807) is 0 Å². The second kappa shape index (κ2) is 6.33. The molecule has 0 saturated carbocycles. The highest BCUT2D eigenvalue weighted by atomic mass is 19.1. The van der Waals surface area contributed by atoms with Crippen LogP contribution < -0.4 is 16.4 Å². The molecule has 2 rings (SSSR count). The molecule has 1 saturated heterocycles. The molecule has 1 heterocycles. The number of amides is 3. The fourth-order valence-electron chi connectivity index (χ4n) is 1.98. The first-order valence-corrected chi connectivity index (χ1v) is 6.32. The predicted octanol–water partition coefficient (Wildman–Crippen LogP) is 1.23. The highest BCUT2D eigenvalue weighted by Crippen LogP contribution is 2.14. The number of urea groups is 1. The molecule has 108 valence electrons. The number of rotatable bonds is 4. The van der Waals surface area contributed by atoms with Gasteiger partial charge in [-0.2, -0.15) is 0 Å². The molecular weight excluding hydrogens is 265 g/mol. The predicted molar refractivity (Wildman–Crippen MR) is 70.9 cm³/mol. The summed E-state index contributed by atoms with van der Waals surface area (Å²) in [4.78, 5) is 22.6. The summed E-state index contributed by atoms with van der Waals surface area (Å²) < 4.78 is 18.6. The molecule has 0 radical (unpaired) electrons. The van der Waals surface area contributed by atoms with Crippen molar-refractivity contribution in [1.82, 2.24) is 5.32 Å². The van der Waals surface area contributed by atoms with Crippen molar-refractivity contribution in [2.45, 2.75) is 18.9 Å². The van der Waals surface area contributed by atoms with Crippen LogP contribution in [-0.2, 0) is 4.74 Å². The van der Waals surface area contributed by atoms with Gasteiger partial charge in [0.2, 0.25) is 0 Å². The molecule has 1 aromatic carbocycles. The molecule has 1 aliphatic heterocycles. The lowest BCUT2D eigenvalue weighted by molar-refractivity contribution is 0.0996. The van der Waals surface area contributed by atoms with Gasteiger partial charge in [0.1, 0.15) is 5.82 Å². The fraction of sp³-hybridized carbons (Fsp3) is 0.385. The standard InChI is InChI=1S/C13H16FN3O3/c14-11-4-3-8(6-10(11)12(15)18)17-13(19)16-7-9-2-1-5-20-9/h3-4,6,9H,1-2,5,7H2,(H2,15,18)(H2,16,17,19). The van der Waals surface area contributed by atoms with E-state index in [-0.39, 0.29) is 11.7 Å². The fourth-order valence-corrected chi connectivity index (χ4v) is 1.98. The van der Waals surface area contributed by atoms with Crippen LogP contribution in [0.15, 0.2) is 18.2 Å². The van der Waals surface area contributed by atoms with E-state index in [4.69, 9.17) is 10.5 Å². The summed E-state index contributed by atoms with van der Waals surface area (Å²) in [6.07, 6.45) is 1.95. The summed E-state index contributed by atoms with van der Waals surface area (Å²) in [7, 11) is 0. The molecule has 0 aromatic heterocycles. The van der Waals surface area contributed by atoms with Gasteiger partial charge in [0.15, 0.2) is 0 Å². The minimum atomic E-state index is -0.883. The zero-order valence-electron chi connectivity index (χ0n) is 10.8. The van der Waals surface area contributed by atoms with Crippen molar-refractivity contribution < 1.29 is 18.7 Å². The Balaban J connectivity index is 1.90. The molecule has 1 aliphatic rings. The molecule has 0 aliphatic carbocycles. The number of hydrogen-bond acceptors (Lipinski definition) is 3. The summed E-state index contributed by atoms with van der Waals surface area (Å²) in [5.41, 5.74) is 5.07. The van der Waals surface area contributed by atoms with E-state index in [0.717, 1.165) is 18.9 Å². The van der Waals surface area contributed by atoms with E-state index >= 15 is 0 Å². The number of carbonyl (C=O) groups is 2. The Morgan fingerprint density at radius 1 is 1.45 bits per heavy atom. The van der Waals surface area contributed by atoms with Crippen molar-refractivity contribution >= 4 is 17.6 Å². The van der Waals surface area contributed by atoms with Crippen LogP contribution in [0.25, 0.3) is 0 Å². The second-order valence-electron chi connectivity index (χ2n) is 4.53. The van der Waals surface area contributed by atoms with E-state index in [9.17, 15) is 14.0 Å². The van der Waals surface area contributed by atoms with Gasteiger partial charge in [-0.1, -0.05) is 0 Å². The number of benzene rings is 1. The third-order valence-corrected chi connectivity index (χ3v) is 3.00. The number of anilines is 1. The van der Waals surface area contributed by atoms with E-state index < -0.39 is 17.8 Å². The van der Waals surface area contributed by atoms with Gasteiger partial charge in [0, 0.05) is 18.8 Å². The Kier molecular flexibility index (Phi) is 4.52. The number of nitrogens with two attached hydrogens (primary N) is 1. The molecular formula is C13H16FN3O3. The van der Waals surface area contributed by atoms with Crippen LogP contribution in [0, 0.1) is 5.82 Å². The Morgan fingerprint density at radius 3 is 2.90 bits per heavy atom. The van der Waals surface area contributed by atoms with Crippen molar-refractivity contribution in [3.05, 3.63) is 29.6 Å². The summed E-state index contributed by atoms with van der Waals surface area (Å²) in [6.45, 7) is 1.13. The Morgan fingerprint density at radius 2 is 2.25 bits per heavy atom. The molecule has 1 aromatic rings. The van der Waals surface area contributed by atoms with Gasteiger partial charge in [-0.3, -0.25) is 4.79 Å². The first-order valence-electron chi connectivity index (χ1n) is 6.32. The van der Waals surface area contributed by atoms with E-state index in [1.807, 2.05) is 0 Å². The molecule has 1 fully saturated rings. The summed E-state index contributed by atoms with van der Waals surface area (Å²) >= 11 is 0. The van der Waals surface area contributed by atoms with Crippen LogP contribution in [0.5, 0.6) is 0 Å². The molecule has 1 atom stereocenters. The summed E-state index contributed by atoms with van der Waals surface area (Å²) in [5, 5.41) is 5.16. The van der Waals surface area contributed by atoms with Gasteiger partial charge >= 0.3 is 6.03 Å². The van der Waals surface area contributed by atoms with Crippen LogP contribution in [-0.4, -0.2) is 31.2 Å². The minimum Gasteiger partial charge on any atom is -0.376 e. The van der Waals surface area contributed by atoms with Gasteiger partial charge in [0.25, 0.3) is 5.91 Å². The van der Waals surface area contributed by atoms with Crippen molar-refractivity contribution in [2.24, 2.45) is 5.73 Å². The summed E-state index contributed by atoms with van der Waals surface area (Å²) in [5.74, 6) is -1.60. The summed E-state index contributed by atoms with van der Waals surface area (Å²) in [6, 6.07) is 3.19. The molecule has 3 amide bonds. The maximum Gasteiger partial charge on any atom is 0.319 e. The van der Waals surface area contributed by atoms with Crippen molar-refractivity contribution in [1.29, 1.82) is 0 Å². The Hall–Kier alpha value is -2.15. The minimum absolute atomic E-state index is 0.0372. The lowest BCUT2D eigenvalue weighted by Gasteiger charge is -2.12. The third kappa shape index (κ3) is 3.67. The van der Waals surface area contributed by atoms with Crippen LogP contribution >= 0.6 is 0 Å². The number of carbonyl (C=O) groups excluding carboxylic acids is 2. The maximum atomic E-state index is 13.3. The number of halogens is 1. The maximum absolute atomic E-state index is 13.3. The smallest absolute Gasteiger partial charge is 0.319 e. The van der Waals surface area contributed by atoms with Gasteiger partial charge in [-0.25, -0.2) is 9.18 Å². The largest absolute Gasteiger partial charge is 0.376 e. The van der Waals surface area contributed by atoms with Crippen LogP contribution in [0.4, 0.5) is 14.9 Å². The van der Waals surface area contributed by atoms with Crippen LogP contribution in [0.2, 0.25) is 0 Å². The van der Waals surface area contributed by atoms with E-state index in [1.165, 1.54) is 12.1 Å². The highest BCUT2D eigenvalue weighted by Gasteiger charge is 2.16. The van der Waals surface area contributed by atoms with Gasteiger partial charge in [-0.05, 0) is 31.0 Å². The molecule has 4 N–H and O–H groups in total. The molecule has 1 unspecified atom stereocenters. The number of ether oxygens (including phenoxy) is 1. The number of hydrogen-bond donors (Lipinski definition) is 3. The first kappa shape index (κ1) is 14.3. The third-order valence-electron chi connectivity index (χ3n) is 3.00. The normalized spacial score (nSPS) is 17.8. The topological polar surface area (TPSA) is 93.5 Å². The van der Waals surface area contributed by atoms with Crippen LogP contribution in [0.3, 0.4) is 0 Å².